The molecule has 10 heteroatoms. The summed E-state index contributed by atoms with van der Waals surface area (Å²) in [6, 6.07) is -0.678. The lowest BCUT2D eigenvalue weighted by molar-refractivity contribution is -0.128. The number of aromatic nitrogens is 2. The lowest BCUT2D eigenvalue weighted by Gasteiger charge is -2.12. The molecule has 3 N–H and O–H groups in total. The molecule has 0 bridgehead atoms. The molecule has 20 heavy (non-hydrogen) atoms. The average molecular weight is 279 g/mol. The van der Waals surface area contributed by atoms with Gasteiger partial charge < -0.3 is 15.7 Å². The van der Waals surface area contributed by atoms with Crippen molar-refractivity contribution in [3.63, 3.8) is 0 Å². The molecule has 0 saturated carbocycles. The van der Waals surface area contributed by atoms with Crippen molar-refractivity contribution >= 4 is 29.6 Å². The van der Waals surface area contributed by atoms with E-state index in [4.69, 9.17) is 5.11 Å². The van der Waals surface area contributed by atoms with Gasteiger partial charge in [-0.3, -0.25) is 14.5 Å². The van der Waals surface area contributed by atoms with Crippen molar-refractivity contribution in [2.45, 2.75) is 0 Å². The van der Waals surface area contributed by atoms with Crippen molar-refractivity contribution in [1.29, 1.82) is 0 Å². The van der Waals surface area contributed by atoms with E-state index in [9.17, 15) is 19.2 Å². The van der Waals surface area contributed by atoms with E-state index in [2.05, 4.69) is 20.6 Å². The van der Waals surface area contributed by atoms with E-state index >= 15 is 0 Å². The van der Waals surface area contributed by atoms with Crippen LogP contribution in [0.25, 0.3) is 0 Å². The molecule has 1 aliphatic heterocycles. The van der Waals surface area contributed by atoms with Gasteiger partial charge in [-0.05, 0) is 0 Å². The van der Waals surface area contributed by atoms with Gasteiger partial charge in [-0.15, -0.1) is 0 Å². The van der Waals surface area contributed by atoms with E-state index in [1.54, 1.807) is 0 Å². The number of anilines is 1. The number of rotatable bonds is 4. The van der Waals surface area contributed by atoms with Crippen molar-refractivity contribution in [3.8, 4) is 0 Å². The Kier molecular flexibility index (Phi) is 3.55. The zero-order valence-electron chi connectivity index (χ0n) is 9.99. The molecule has 1 aromatic heterocycles. The number of carboxylic acid groups (broad SMARTS) is 1. The SMILES string of the molecule is O=C(CN1C(=O)CNC1=O)Nc1nccnc1C(=O)O. The summed E-state index contributed by atoms with van der Waals surface area (Å²) < 4.78 is 0. The Bertz CT molecular complexity index is 585. The van der Waals surface area contributed by atoms with Gasteiger partial charge in [0.1, 0.15) is 6.54 Å². The van der Waals surface area contributed by atoms with Crippen LogP contribution in [0, 0.1) is 0 Å². The third kappa shape index (κ3) is 2.68. The second-order valence-corrected chi connectivity index (χ2v) is 3.75. The highest BCUT2D eigenvalue weighted by Gasteiger charge is 2.30. The highest BCUT2D eigenvalue weighted by molar-refractivity contribution is 6.06. The van der Waals surface area contributed by atoms with Gasteiger partial charge in [0.2, 0.25) is 5.91 Å². The molecule has 1 aromatic rings. The van der Waals surface area contributed by atoms with Crippen LogP contribution >= 0.6 is 0 Å². The van der Waals surface area contributed by atoms with Crippen molar-refractivity contribution in [1.82, 2.24) is 20.2 Å². The van der Waals surface area contributed by atoms with Gasteiger partial charge in [-0.2, -0.15) is 0 Å². The minimum Gasteiger partial charge on any atom is -0.476 e. The number of hydrogen-bond donors (Lipinski definition) is 3. The minimum atomic E-state index is -1.36. The highest BCUT2D eigenvalue weighted by Crippen LogP contribution is 2.08. The van der Waals surface area contributed by atoms with Crippen molar-refractivity contribution in [2.75, 3.05) is 18.4 Å². The number of hydrogen-bond acceptors (Lipinski definition) is 6. The Balaban J connectivity index is 2.07. The van der Waals surface area contributed by atoms with Crippen LogP contribution in [0.3, 0.4) is 0 Å². The Morgan fingerprint density at radius 1 is 1.35 bits per heavy atom. The van der Waals surface area contributed by atoms with Gasteiger partial charge in [0.05, 0.1) is 6.54 Å². The first-order valence-corrected chi connectivity index (χ1v) is 5.41. The van der Waals surface area contributed by atoms with Gasteiger partial charge in [-0.1, -0.05) is 0 Å². The molecule has 0 aliphatic carbocycles. The van der Waals surface area contributed by atoms with E-state index in [-0.39, 0.29) is 12.4 Å². The number of nitrogens with one attached hydrogen (secondary N) is 2. The summed E-state index contributed by atoms with van der Waals surface area (Å²) in [5.41, 5.74) is -0.432. The van der Waals surface area contributed by atoms with Crippen LogP contribution in [0.1, 0.15) is 10.5 Å². The number of aromatic carboxylic acids is 1. The third-order valence-electron chi connectivity index (χ3n) is 2.40. The maximum absolute atomic E-state index is 11.7. The molecule has 10 nitrogen and oxygen atoms in total. The fraction of sp³-hybridized carbons (Fsp3) is 0.200. The molecule has 1 saturated heterocycles. The highest BCUT2D eigenvalue weighted by atomic mass is 16.4. The summed E-state index contributed by atoms with van der Waals surface area (Å²) in [5, 5.41) is 13.3. The van der Waals surface area contributed by atoms with E-state index in [1.165, 1.54) is 6.20 Å². The average Bonchev–Trinajstić information content (AvgIpc) is 2.71. The lowest BCUT2D eigenvalue weighted by Crippen LogP contribution is -2.38. The van der Waals surface area contributed by atoms with E-state index in [0.717, 1.165) is 6.20 Å². The Hall–Kier alpha value is -3.04. The zero-order chi connectivity index (χ0) is 14.7. The number of urea groups is 1. The molecule has 1 fully saturated rings. The van der Waals surface area contributed by atoms with Crippen LogP contribution in [0.2, 0.25) is 0 Å². The number of carbonyl (C=O) groups is 4. The maximum Gasteiger partial charge on any atom is 0.358 e. The van der Waals surface area contributed by atoms with Crippen molar-refractivity contribution < 1.29 is 24.3 Å². The van der Waals surface area contributed by atoms with Crippen LogP contribution in [0.15, 0.2) is 12.4 Å². The second kappa shape index (κ2) is 5.30. The number of nitrogens with zero attached hydrogens (tertiary/aromatic N) is 3. The summed E-state index contributed by atoms with van der Waals surface area (Å²) in [6.07, 6.45) is 2.37. The summed E-state index contributed by atoms with van der Waals surface area (Å²) in [5.74, 6) is -2.90. The van der Waals surface area contributed by atoms with Gasteiger partial charge in [-0.25, -0.2) is 19.6 Å². The molecular weight excluding hydrogens is 270 g/mol. The maximum atomic E-state index is 11.7. The Labute approximate surface area is 111 Å². The monoisotopic (exact) mass is 279 g/mol. The van der Waals surface area contributed by atoms with Crippen LogP contribution in [0.5, 0.6) is 0 Å². The third-order valence-corrected chi connectivity index (χ3v) is 2.40. The molecule has 0 radical (unpaired) electrons. The molecule has 0 atom stereocenters. The summed E-state index contributed by atoms with van der Waals surface area (Å²) in [6.45, 7) is -0.696. The van der Waals surface area contributed by atoms with Gasteiger partial charge in [0, 0.05) is 12.4 Å². The Morgan fingerprint density at radius 3 is 2.65 bits per heavy atom. The van der Waals surface area contributed by atoms with Gasteiger partial charge in [0.15, 0.2) is 11.5 Å². The van der Waals surface area contributed by atoms with Crippen molar-refractivity contribution in [3.05, 3.63) is 18.1 Å². The molecule has 4 amide bonds. The predicted octanol–water partition coefficient (Wildman–Crippen LogP) is -1.33. The quantitative estimate of drug-likeness (QED) is 0.579. The predicted molar refractivity (Wildman–Crippen MR) is 62.7 cm³/mol. The van der Waals surface area contributed by atoms with Crippen LogP contribution in [-0.4, -0.2) is 56.9 Å². The number of carbonyl (C=O) groups excluding carboxylic acids is 3. The molecule has 0 unspecified atom stereocenters. The zero-order valence-corrected chi connectivity index (χ0v) is 9.99. The molecule has 0 spiro atoms. The first-order chi connectivity index (χ1) is 9.49. The standard InChI is InChI=1S/C10H9N5O5/c16-5(4-15-6(17)3-13-10(15)20)14-8-7(9(18)19)11-1-2-12-8/h1-2H,3-4H2,(H,13,20)(H,18,19)(H,12,14,16). The molecule has 0 aromatic carbocycles. The second-order valence-electron chi connectivity index (χ2n) is 3.75. The molecular formula is C10H9N5O5. The smallest absolute Gasteiger partial charge is 0.358 e. The van der Waals surface area contributed by atoms with Gasteiger partial charge in [0.25, 0.3) is 5.91 Å². The van der Waals surface area contributed by atoms with E-state index < -0.39 is 36.1 Å². The summed E-state index contributed by atoms with van der Waals surface area (Å²) in [7, 11) is 0. The number of carboxylic acids is 1. The summed E-state index contributed by atoms with van der Waals surface area (Å²) >= 11 is 0. The first kappa shape index (κ1) is 13.4. The van der Waals surface area contributed by atoms with E-state index in [1.807, 2.05) is 0 Å². The summed E-state index contributed by atoms with van der Waals surface area (Å²) in [4.78, 5) is 53.0. The normalized spacial score (nSPS) is 14.1. The van der Waals surface area contributed by atoms with Crippen molar-refractivity contribution in [2.24, 2.45) is 0 Å². The van der Waals surface area contributed by atoms with Crippen LogP contribution < -0.4 is 10.6 Å². The largest absolute Gasteiger partial charge is 0.476 e. The van der Waals surface area contributed by atoms with Crippen LogP contribution in [0.4, 0.5) is 10.6 Å². The molecule has 1 aliphatic rings. The first-order valence-electron chi connectivity index (χ1n) is 5.41. The number of imide groups is 1. The fourth-order valence-electron chi connectivity index (χ4n) is 1.52. The van der Waals surface area contributed by atoms with Gasteiger partial charge >= 0.3 is 12.0 Å². The fourth-order valence-corrected chi connectivity index (χ4v) is 1.52. The molecule has 104 valence electrons. The minimum absolute atomic E-state index is 0.169. The lowest BCUT2D eigenvalue weighted by atomic mass is 10.4. The topological polar surface area (TPSA) is 142 Å². The molecule has 2 rings (SSSR count). The van der Waals surface area contributed by atoms with Crippen LogP contribution in [-0.2, 0) is 9.59 Å². The Morgan fingerprint density at radius 2 is 2.05 bits per heavy atom. The number of amides is 4. The molecule has 2 heterocycles. The van der Waals surface area contributed by atoms with E-state index in [0.29, 0.717) is 4.90 Å².